The van der Waals surface area contributed by atoms with Gasteiger partial charge < -0.3 is 4.74 Å². The first-order valence-electron chi connectivity index (χ1n) is 5.68. The van der Waals surface area contributed by atoms with Crippen molar-refractivity contribution in [2.45, 2.75) is 4.90 Å². The first kappa shape index (κ1) is 13.6. The summed E-state index contributed by atoms with van der Waals surface area (Å²) in [4.78, 5) is 13.3. The topological polar surface area (TPSA) is 26.3 Å². The minimum Gasteiger partial charge on any atom is -0.494 e. The number of hydrogen-bond donors (Lipinski definition) is 0. The van der Waals surface area contributed by atoms with Gasteiger partial charge in [-0.25, -0.2) is 4.39 Å². The quantitative estimate of drug-likeness (QED) is 0.628. The summed E-state index contributed by atoms with van der Waals surface area (Å²) in [5.41, 5.74) is 0.487. The molecular weight excluding hydrogens is 263 g/mol. The van der Waals surface area contributed by atoms with Crippen molar-refractivity contribution in [3.63, 3.8) is 0 Å². The summed E-state index contributed by atoms with van der Waals surface area (Å²) >= 11 is 1.59. The molecule has 4 heteroatoms. The van der Waals surface area contributed by atoms with E-state index in [1.165, 1.54) is 19.2 Å². The number of ether oxygens (including phenoxy) is 1. The molecule has 2 rings (SSSR count). The minimum atomic E-state index is -0.621. The average molecular weight is 276 g/mol. The van der Waals surface area contributed by atoms with E-state index in [4.69, 9.17) is 4.74 Å². The minimum absolute atomic E-state index is 0.0243. The van der Waals surface area contributed by atoms with Gasteiger partial charge in [-0.3, -0.25) is 4.79 Å². The molecule has 0 N–H and O–H groups in total. The Morgan fingerprint density at radius 1 is 1.16 bits per heavy atom. The zero-order chi connectivity index (χ0) is 13.8. The number of methoxy groups -OCH3 is 1. The van der Waals surface area contributed by atoms with Crippen LogP contribution in [-0.4, -0.2) is 19.1 Å². The highest BCUT2D eigenvalue weighted by Gasteiger charge is 2.16. The van der Waals surface area contributed by atoms with Crippen molar-refractivity contribution in [1.29, 1.82) is 0 Å². The van der Waals surface area contributed by atoms with Crippen molar-refractivity contribution in [3.8, 4) is 5.75 Å². The number of carbonyl (C=O) groups is 1. The van der Waals surface area contributed by atoms with E-state index in [1.807, 2.05) is 18.4 Å². The van der Waals surface area contributed by atoms with E-state index in [0.29, 0.717) is 5.56 Å². The Morgan fingerprint density at radius 3 is 2.42 bits per heavy atom. The predicted octanol–water partition coefficient (Wildman–Crippen LogP) is 3.79. The molecule has 2 nitrogen and oxygen atoms in total. The van der Waals surface area contributed by atoms with Gasteiger partial charge in [-0.1, -0.05) is 6.07 Å². The molecule has 0 radical (unpaired) electrons. The van der Waals surface area contributed by atoms with Crippen molar-refractivity contribution in [1.82, 2.24) is 0 Å². The van der Waals surface area contributed by atoms with E-state index >= 15 is 0 Å². The van der Waals surface area contributed by atoms with E-state index in [1.54, 1.807) is 30.0 Å². The zero-order valence-electron chi connectivity index (χ0n) is 10.6. The Labute approximate surface area is 115 Å². The van der Waals surface area contributed by atoms with Crippen LogP contribution in [0.25, 0.3) is 0 Å². The fourth-order valence-electron chi connectivity index (χ4n) is 1.74. The van der Waals surface area contributed by atoms with Gasteiger partial charge >= 0.3 is 0 Å². The third kappa shape index (κ3) is 2.79. The van der Waals surface area contributed by atoms with Gasteiger partial charge in [0.05, 0.1) is 12.7 Å². The normalized spacial score (nSPS) is 10.3. The molecule has 0 aliphatic rings. The summed E-state index contributed by atoms with van der Waals surface area (Å²) in [6, 6.07) is 11.6. The number of carbonyl (C=O) groups excluding carboxylic acids is 1. The van der Waals surface area contributed by atoms with E-state index in [-0.39, 0.29) is 17.1 Å². The van der Waals surface area contributed by atoms with Crippen LogP contribution in [0.2, 0.25) is 0 Å². The molecule has 0 amide bonds. The Bertz CT molecular complexity index is 594. The molecule has 0 unspecified atom stereocenters. The zero-order valence-corrected chi connectivity index (χ0v) is 11.5. The molecule has 0 heterocycles. The Hall–Kier alpha value is -1.81. The number of hydrogen-bond acceptors (Lipinski definition) is 3. The highest BCUT2D eigenvalue weighted by molar-refractivity contribution is 7.98. The van der Waals surface area contributed by atoms with Crippen LogP contribution in [0.5, 0.6) is 5.75 Å². The third-order valence-electron chi connectivity index (χ3n) is 2.78. The van der Waals surface area contributed by atoms with Crippen LogP contribution in [0.3, 0.4) is 0 Å². The van der Waals surface area contributed by atoms with Crippen LogP contribution in [0, 0.1) is 5.82 Å². The van der Waals surface area contributed by atoms with Gasteiger partial charge in [0, 0.05) is 10.5 Å². The van der Waals surface area contributed by atoms with E-state index < -0.39 is 5.82 Å². The van der Waals surface area contributed by atoms with Crippen molar-refractivity contribution in [2.24, 2.45) is 0 Å². The summed E-state index contributed by atoms with van der Waals surface area (Å²) in [6.07, 6.45) is 1.96. The maximum Gasteiger partial charge on any atom is 0.196 e. The molecular formula is C15H13FO2S. The fraction of sp³-hybridized carbons (Fsp3) is 0.133. The fourth-order valence-corrected chi connectivity index (χ4v) is 2.15. The smallest absolute Gasteiger partial charge is 0.196 e. The van der Waals surface area contributed by atoms with E-state index in [2.05, 4.69) is 0 Å². The first-order chi connectivity index (χ1) is 9.17. The lowest BCUT2D eigenvalue weighted by molar-refractivity contribution is 0.103. The summed E-state index contributed by atoms with van der Waals surface area (Å²) in [5, 5.41) is 0. The molecule has 0 atom stereocenters. The number of benzene rings is 2. The summed E-state index contributed by atoms with van der Waals surface area (Å²) in [6.45, 7) is 0. The molecule has 0 aliphatic carbocycles. The van der Waals surface area contributed by atoms with Gasteiger partial charge in [-0.2, -0.15) is 0 Å². The van der Waals surface area contributed by atoms with E-state index in [9.17, 15) is 9.18 Å². The Balaban J connectivity index is 2.38. The molecule has 0 bridgehead atoms. The molecule has 0 spiro atoms. The maximum absolute atomic E-state index is 14.0. The van der Waals surface area contributed by atoms with Crippen LogP contribution in [0.1, 0.15) is 15.9 Å². The van der Waals surface area contributed by atoms with Gasteiger partial charge in [0.1, 0.15) is 0 Å². The number of ketones is 1. The molecule has 98 valence electrons. The maximum atomic E-state index is 14.0. The standard InChI is InChI=1S/C15H13FO2S/c1-18-13-5-3-4-12(14(13)16)15(17)10-6-8-11(19-2)9-7-10/h3-9H,1-2H3. The van der Waals surface area contributed by atoms with Crippen molar-refractivity contribution < 1.29 is 13.9 Å². The monoisotopic (exact) mass is 276 g/mol. The average Bonchev–Trinajstić information content (AvgIpc) is 2.47. The lowest BCUT2D eigenvalue weighted by Gasteiger charge is -2.07. The van der Waals surface area contributed by atoms with Crippen LogP contribution < -0.4 is 4.74 Å². The van der Waals surface area contributed by atoms with Crippen LogP contribution in [0.4, 0.5) is 4.39 Å². The summed E-state index contributed by atoms with van der Waals surface area (Å²) < 4.78 is 18.9. The second-order valence-corrected chi connectivity index (χ2v) is 4.76. The highest BCUT2D eigenvalue weighted by atomic mass is 32.2. The van der Waals surface area contributed by atoms with Crippen LogP contribution in [-0.2, 0) is 0 Å². The third-order valence-corrected chi connectivity index (χ3v) is 3.52. The molecule has 2 aromatic carbocycles. The number of thioether (sulfide) groups is 1. The summed E-state index contributed by atoms with van der Waals surface area (Å²) in [7, 11) is 1.37. The lowest BCUT2D eigenvalue weighted by atomic mass is 10.0. The molecule has 0 aliphatic heterocycles. The molecule has 0 fully saturated rings. The number of rotatable bonds is 4. The first-order valence-corrected chi connectivity index (χ1v) is 6.91. The highest BCUT2D eigenvalue weighted by Crippen LogP contribution is 2.23. The van der Waals surface area contributed by atoms with Gasteiger partial charge in [0.2, 0.25) is 0 Å². The Kier molecular flexibility index (Phi) is 4.22. The second kappa shape index (κ2) is 5.89. The van der Waals surface area contributed by atoms with Crippen molar-refractivity contribution in [2.75, 3.05) is 13.4 Å². The largest absolute Gasteiger partial charge is 0.494 e. The predicted molar refractivity (Wildman–Crippen MR) is 74.6 cm³/mol. The van der Waals surface area contributed by atoms with Gasteiger partial charge in [-0.05, 0) is 42.7 Å². The van der Waals surface area contributed by atoms with Gasteiger partial charge in [0.15, 0.2) is 17.3 Å². The molecule has 0 saturated carbocycles. The molecule has 19 heavy (non-hydrogen) atoms. The Morgan fingerprint density at radius 2 is 1.84 bits per heavy atom. The lowest BCUT2D eigenvalue weighted by Crippen LogP contribution is -2.05. The van der Waals surface area contributed by atoms with Crippen LogP contribution in [0.15, 0.2) is 47.4 Å². The molecule has 0 aromatic heterocycles. The SMILES string of the molecule is COc1cccc(C(=O)c2ccc(SC)cc2)c1F. The second-order valence-electron chi connectivity index (χ2n) is 3.88. The van der Waals surface area contributed by atoms with Crippen molar-refractivity contribution >= 4 is 17.5 Å². The van der Waals surface area contributed by atoms with E-state index in [0.717, 1.165) is 4.90 Å². The molecule has 2 aromatic rings. The molecule has 0 saturated heterocycles. The summed E-state index contributed by atoms with van der Waals surface area (Å²) in [5.74, 6) is -0.889. The van der Waals surface area contributed by atoms with Crippen LogP contribution >= 0.6 is 11.8 Å². The van der Waals surface area contributed by atoms with Crippen molar-refractivity contribution in [3.05, 3.63) is 59.4 Å². The number of halogens is 1. The van der Waals surface area contributed by atoms with Gasteiger partial charge in [0.25, 0.3) is 0 Å². The van der Waals surface area contributed by atoms with Gasteiger partial charge in [-0.15, -0.1) is 11.8 Å².